The minimum absolute atomic E-state index is 0.0973. The van der Waals surface area contributed by atoms with Gasteiger partial charge in [0.25, 0.3) is 0 Å². The first kappa shape index (κ1) is 11.0. The van der Waals surface area contributed by atoms with Gasteiger partial charge in [0.05, 0.1) is 6.10 Å². The number of hydrogen-bond acceptors (Lipinski definition) is 2. The van der Waals surface area contributed by atoms with Gasteiger partial charge in [-0.2, -0.15) is 0 Å². The number of aliphatic hydroxyl groups excluding tert-OH is 1. The molecule has 0 spiro atoms. The lowest BCUT2D eigenvalue weighted by Gasteiger charge is -2.21. The van der Waals surface area contributed by atoms with E-state index in [1.54, 1.807) is 0 Å². The molecule has 0 aromatic heterocycles. The molecule has 0 aliphatic heterocycles. The lowest BCUT2D eigenvalue weighted by atomic mass is 9.92. The Morgan fingerprint density at radius 2 is 2.00 bits per heavy atom. The molecule has 13 heavy (non-hydrogen) atoms. The van der Waals surface area contributed by atoms with Gasteiger partial charge in [-0.05, 0) is 37.6 Å². The first-order valence-corrected chi connectivity index (χ1v) is 5.40. The SMILES string of the molecule is CC(C)(C)CCN[C@H]1CCC[C@@H]1O. The average Bonchev–Trinajstić information content (AvgIpc) is 2.34. The largest absolute Gasteiger partial charge is 0.392 e. The van der Waals surface area contributed by atoms with Crippen molar-refractivity contribution in [1.82, 2.24) is 5.32 Å². The predicted molar refractivity (Wildman–Crippen MR) is 55.7 cm³/mol. The molecule has 1 aliphatic rings. The van der Waals surface area contributed by atoms with E-state index >= 15 is 0 Å². The monoisotopic (exact) mass is 185 g/mol. The Labute approximate surface area is 81.7 Å². The zero-order valence-corrected chi connectivity index (χ0v) is 9.14. The van der Waals surface area contributed by atoms with Gasteiger partial charge in [0.1, 0.15) is 0 Å². The van der Waals surface area contributed by atoms with Crippen molar-refractivity contribution in [3.05, 3.63) is 0 Å². The van der Waals surface area contributed by atoms with Crippen molar-refractivity contribution in [3.63, 3.8) is 0 Å². The fraction of sp³-hybridized carbons (Fsp3) is 1.00. The van der Waals surface area contributed by atoms with Crippen molar-refractivity contribution in [2.75, 3.05) is 6.54 Å². The van der Waals surface area contributed by atoms with Gasteiger partial charge >= 0.3 is 0 Å². The molecular weight excluding hydrogens is 162 g/mol. The molecule has 0 radical (unpaired) electrons. The second kappa shape index (κ2) is 4.43. The van der Waals surface area contributed by atoms with E-state index in [4.69, 9.17) is 0 Å². The summed E-state index contributed by atoms with van der Waals surface area (Å²) in [4.78, 5) is 0. The smallest absolute Gasteiger partial charge is 0.0693 e. The summed E-state index contributed by atoms with van der Waals surface area (Å²) in [7, 11) is 0. The molecule has 0 saturated heterocycles. The maximum absolute atomic E-state index is 9.56. The Morgan fingerprint density at radius 1 is 1.31 bits per heavy atom. The van der Waals surface area contributed by atoms with Crippen LogP contribution in [0.3, 0.4) is 0 Å². The van der Waals surface area contributed by atoms with Crippen LogP contribution in [-0.2, 0) is 0 Å². The third-order valence-corrected chi connectivity index (χ3v) is 2.76. The van der Waals surface area contributed by atoms with Crippen molar-refractivity contribution in [2.24, 2.45) is 5.41 Å². The molecule has 1 aliphatic carbocycles. The third-order valence-electron chi connectivity index (χ3n) is 2.76. The van der Waals surface area contributed by atoms with Gasteiger partial charge < -0.3 is 10.4 Å². The highest BCUT2D eigenvalue weighted by molar-refractivity contribution is 4.82. The van der Waals surface area contributed by atoms with Crippen LogP contribution in [-0.4, -0.2) is 23.8 Å². The van der Waals surface area contributed by atoms with Crippen molar-refractivity contribution in [2.45, 2.75) is 58.6 Å². The molecule has 0 aromatic carbocycles. The standard InChI is InChI=1S/C11H23NO/c1-11(2,3)7-8-12-9-5-4-6-10(9)13/h9-10,12-13H,4-8H2,1-3H3/t9-,10-/m0/s1. The topological polar surface area (TPSA) is 32.3 Å². The Balaban J connectivity index is 2.12. The summed E-state index contributed by atoms with van der Waals surface area (Å²) in [6.45, 7) is 7.78. The second-order valence-electron chi connectivity index (χ2n) is 5.37. The summed E-state index contributed by atoms with van der Waals surface area (Å²) in [5.41, 5.74) is 0.399. The molecule has 2 nitrogen and oxygen atoms in total. The van der Waals surface area contributed by atoms with Gasteiger partial charge in [-0.1, -0.05) is 20.8 Å². The number of nitrogens with one attached hydrogen (secondary N) is 1. The Morgan fingerprint density at radius 3 is 2.46 bits per heavy atom. The van der Waals surface area contributed by atoms with E-state index < -0.39 is 0 Å². The minimum atomic E-state index is -0.0973. The fourth-order valence-electron chi connectivity index (χ4n) is 1.81. The molecule has 1 saturated carbocycles. The molecule has 2 heteroatoms. The van der Waals surface area contributed by atoms with E-state index in [-0.39, 0.29) is 6.10 Å². The maximum Gasteiger partial charge on any atom is 0.0693 e. The molecule has 2 atom stereocenters. The first-order chi connectivity index (χ1) is 5.99. The fourth-order valence-corrected chi connectivity index (χ4v) is 1.81. The summed E-state index contributed by atoms with van der Waals surface area (Å²) >= 11 is 0. The highest BCUT2D eigenvalue weighted by Crippen LogP contribution is 2.20. The average molecular weight is 185 g/mol. The lowest BCUT2D eigenvalue weighted by molar-refractivity contribution is 0.147. The van der Waals surface area contributed by atoms with E-state index in [1.165, 1.54) is 12.8 Å². The molecule has 0 aromatic rings. The van der Waals surface area contributed by atoms with Gasteiger partial charge in [-0.15, -0.1) is 0 Å². The van der Waals surface area contributed by atoms with Gasteiger partial charge in [-0.25, -0.2) is 0 Å². The van der Waals surface area contributed by atoms with Crippen molar-refractivity contribution in [3.8, 4) is 0 Å². The van der Waals surface area contributed by atoms with Crippen LogP contribution in [0.5, 0.6) is 0 Å². The number of rotatable bonds is 3. The molecule has 0 bridgehead atoms. The van der Waals surface area contributed by atoms with Crippen molar-refractivity contribution >= 4 is 0 Å². The first-order valence-electron chi connectivity index (χ1n) is 5.40. The molecule has 1 fully saturated rings. The summed E-state index contributed by atoms with van der Waals surface area (Å²) in [5, 5.41) is 13.0. The van der Waals surface area contributed by atoms with Gasteiger partial charge in [0, 0.05) is 6.04 Å². The van der Waals surface area contributed by atoms with Crippen LogP contribution in [0.15, 0.2) is 0 Å². The van der Waals surface area contributed by atoms with E-state index in [0.717, 1.165) is 19.4 Å². The van der Waals surface area contributed by atoms with Gasteiger partial charge in [0.2, 0.25) is 0 Å². The van der Waals surface area contributed by atoms with Gasteiger partial charge in [0.15, 0.2) is 0 Å². The summed E-state index contributed by atoms with van der Waals surface area (Å²) in [6, 6.07) is 0.363. The molecule has 0 unspecified atom stereocenters. The molecular formula is C11H23NO. The zero-order chi connectivity index (χ0) is 9.90. The molecule has 2 N–H and O–H groups in total. The van der Waals surface area contributed by atoms with Crippen molar-refractivity contribution in [1.29, 1.82) is 0 Å². The Kier molecular flexibility index (Phi) is 3.74. The van der Waals surface area contributed by atoms with Crippen LogP contribution in [0, 0.1) is 5.41 Å². The molecule has 0 amide bonds. The normalized spacial score (nSPS) is 29.5. The molecule has 78 valence electrons. The number of hydrogen-bond donors (Lipinski definition) is 2. The molecule has 1 rings (SSSR count). The summed E-state index contributed by atoms with van der Waals surface area (Å²) in [6.07, 6.45) is 4.38. The highest BCUT2D eigenvalue weighted by atomic mass is 16.3. The minimum Gasteiger partial charge on any atom is -0.392 e. The lowest BCUT2D eigenvalue weighted by Crippen LogP contribution is -2.37. The summed E-state index contributed by atoms with van der Waals surface area (Å²) < 4.78 is 0. The van der Waals surface area contributed by atoms with Crippen LogP contribution >= 0.6 is 0 Å². The number of aliphatic hydroxyl groups is 1. The Bertz CT molecular complexity index is 151. The van der Waals surface area contributed by atoms with E-state index in [1.807, 2.05) is 0 Å². The van der Waals surface area contributed by atoms with Crippen LogP contribution in [0.1, 0.15) is 46.5 Å². The van der Waals surface area contributed by atoms with Crippen LogP contribution in [0.2, 0.25) is 0 Å². The second-order valence-corrected chi connectivity index (χ2v) is 5.37. The van der Waals surface area contributed by atoms with Crippen LogP contribution in [0.4, 0.5) is 0 Å². The third kappa shape index (κ3) is 4.10. The Hall–Kier alpha value is -0.0800. The summed E-state index contributed by atoms with van der Waals surface area (Å²) in [5.74, 6) is 0. The van der Waals surface area contributed by atoms with E-state index in [2.05, 4.69) is 26.1 Å². The quantitative estimate of drug-likeness (QED) is 0.704. The highest BCUT2D eigenvalue weighted by Gasteiger charge is 2.24. The maximum atomic E-state index is 9.56. The van der Waals surface area contributed by atoms with E-state index in [9.17, 15) is 5.11 Å². The zero-order valence-electron chi connectivity index (χ0n) is 9.14. The molecule has 0 heterocycles. The van der Waals surface area contributed by atoms with E-state index in [0.29, 0.717) is 11.5 Å². The van der Waals surface area contributed by atoms with Gasteiger partial charge in [-0.3, -0.25) is 0 Å². The van der Waals surface area contributed by atoms with Crippen LogP contribution in [0.25, 0.3) is 0 Å². The predicted octanol–water partition coefficient (Wildman–Crippen LogP) is 1.93. The van der Waals surface area contributed by atoms with Crippen LogP contribution < -0.4 is 5.32 Å². The van der Waals surface area contributed by atoms with Crippen molar-refractivity contribution < 1.29 is 5.11 Å².